The van der Waals surface area contributed by atoms with Crippen LogP contribution in [0.1, 0.15) is 46.1 Å². The molecule has 1 N–H and O–H groups in total. The van der Waals surface area contributed by atoms with Crippen LogP contribution in [-0.2, 0) is 11.2 Å². The molecule has 0 spiro atoms. The summed E-state index contributed by atoms with van der Waals surface area (Å²) in [5.41, 5.74) is 0.935. The van der Waals surface area contributed by atoms with Gasteiger partial charge in [0.2, 0.25) is 5.91 Å². The van der Waals surface area contributed by atoms with E-state index in [2.05, 4.69) is 26.1 Å². The molecule has 1 atom stereocenters. The van der Waals surface area contributed by atoms with Gasteiger partial charge in [0.15, 0.2) is 0 Å². The number of nitrogens with one attached hydrogen (secondary N) is 1. The Labute approximate surface area is 121 Å². The van der Waals surface area contributed by atoms with Crippen LogP contribution < -0.4 is 5.32 Å². The molecule has 0 aromatic heterocycles. The van der Waals surface area contributed by atoms with Crippen LogP contribution in [0.3, 0.4) is 0 Å². The SMILES string of the molecule is CCCC(C)C(=O)NC(C)(C)Cc1ccc(Cl)cc1. The summed E-state index contributed by atoms with van der Waals surface area (Å²) in [6.07, 6.45) is 2.77. The zero-order valence-electron chi connectivity index (χ0n) is 12.3. The van der Waals surface area contributed by atoms with Crippen molar-refractivity contribution < 1.29 is 4.79 Å². The van der Waals surface area contributed by atoms with Gasteiger partial charge in [-0.2, -0.15) is 0 Å². The summed E-state index contributed by atoms with van der Waals surface area (Å²) in [5, 5.41) is 3.87. The molecule has 0 aliphatic rings. The summed E-state index contributed by atoms with van der Waals surface area (Å²) in [4.78, 5) is 12.1. The molecule has 106 valence electrons. The van der Waals surface area contributed by atoms with Crippen LogP contribution in [0, 0.1) is 5.92 Å². The molecule has 0 fully saturated rings. The molecule has 0 heterocycles. The van der Waals surface area contributed by atoms with Crippen molar-refractivity contribution in [3.8, 4) is 0 Å². The molecule has 1 rings (SSSR count). The normalized spacial score (nSPS) is 13.1. The fraction of sp³-hybridized carbons (Fsp3) is 0.562. The van der Waals surface area contributed by atoms with Gasteiger partial charge in [-0.15, -0.1) is 0 Å². The van der Waals surface area contributed by atoms with Gasteiger partial charge in [-0.25, -0.2) is 0 Å². The lowest BCUT2D eigenvalue weighted by Crippen LogP contribution is -2.47. The maximum Gasteiger partial charge on any atom is 0.223 e. The summed E-state index contributed by atoms with van der Waals surface area (Å²) < 4.78 is 0. The van der Waals surface area contributed by atoms with E-state index in [9.17, 15) is 4.79 Å². The van der Waals surface area contributed by atoms with Crippen molar-refractivity contribution in [2.24, 2.45) is 5.92 Å². The molecule has 2 nitrogen and oxygen atoms in total. The van der Waals surface area contributed by atoms with E-state index in [0.29, 0.717) is 0 Å². The highest BCUT2D eigenvalue weighted by Crippen LogP contribution is 2.17. The Kier molecular flexibility index (Phi) is 5.86. The predicted molar refractivity (Wildman–Crippen MR) is 81.4 cm³/mol. The first kappa shape index (κ1) is 16.0. The molecule has 1 unspecified atom stereocenters. The standard InChI is InChI=1S/C16H24ClNO/c1-5-6-12(2)15(19)18-16(3,4)11-13-7-9-14(17)10-8-13/h7-10,12H,5-6,11H2,1-4H3,(H,18,19). The van der Waals surface area contributed by atoms with Gasteiger partial charge < -0.3 is 5.32 Å². The van der Waals surface area contributed by atoms with Crippen molar-refractivity contribution in [2.75, 3.05) is 0 Å². The molecular formula is C16H24ClNO. The number of benzene rings is 1. The van der Waals surface area contributed by atoms with Crippen molar-refractivity contribution >= 4 is 17.5 Å². The summed E-state index contributed by atoms with van der Waals surface area (Å²) in [5.74, 6) is 0.218. The first-order valence-corrected chi connectivity index (χ1v) is 7.28. The molecule has 0 aliphatic carbocycles. The highest BCUT2D eigenvalue weighted by atomic mass is 35.5. The predicted octanol–water partition coefficient (Wildman–Crippen LogP) is 4.21. The Morgan fingerprint density at radius 2 is 1.89 bits per heavy atom. The van der Waals surface area contributed by atoms with Crippen molar-refractivity contribution in [3.05, 3.63) is 34.9 Å². The van der Waals surface area contributed by atoms with Crippen molar-refractivity contribution in [1.29, 1.82) is 0 Å². The van der Waals surface area contributed by atoms with Crippen LogP contribution in [0.5, 0.6) is 0 Å². The van der Waals surface area contributed by atoms with E-state index in [1.54, 1.807) is 0 Å². The molecule has 0 saturated carbocycles. The molecule has 0 saturated heterocycles. The number of hydrogen-bond donors (Lipinski definition) is 1. The highest BCUT2D eigenvalue weighted by Gasteiger charge is 2.23. The van der Waals surface area contributed by atoms with Gasteiger partial charge in [0.25, 0.3) is 0 Å². The third kappa shape index (κ3) is 5.65. The van der Waals surface area contributed by atoms with Crippen molar-refractivity contribution in [2.45, 2.75) is 52.5 Å². The minimum Gasteiger partial charge on any atom is -0.351 e. The third-order valence-electron chi connectivity index (χ3n) is 3.19. The minimum atomic E-state index is -0.243. The van der Waals surface area contributed by atoms with Gasteiger partial charge in [-0.05, 0) is 44.4 Å². The smallest absolute Gasteiger partial charge is 0.223 e. The number of amides is 1. The maximum absolute atomic E-state index is 12.1. The first-order valence-electron chi connectivity index (χ1n) is 6.90. The van der Waals surface area contributed by atoms with Crippen LogP contribution in [0.2, 0.25) is 5.02 Å². The third-order valence-corrected chi connectivity index (χ3v) is 3.44. The van der Waals surface area contributed by atoms with Crippen LogP contribution >= 0.6 is 11.6 Å². The van der Waals surface area contributed by atoms with Gasteiger partial charge >= 0.3 is 0 Å². The molecule has 0 bridgehead atoms. The molecular weight excluding hydrogens is 258 g/mol. The molecule has 0 aliphatic heterocycles. The number of carbonyl (C=O) groups is 1. The second-order valence-corrected chi connectivity index (χ2v) is 6.30. The average Bonchev–Trinajstić information content (AvgIpc) is 2.31. The lowest BCUT2D eigenvalue weighted by molar-refractivity contribution is -0.126. The molecule has 1 aromatic rings. The molecule has 1 amide bonds. The van der Waals surface area contributed by atoms with Gasteiger partial charge in [0, 0.05) is 16.5 Å². The largest absolute Gasteiger partial charge is 0.351 e. The van der Waals surface area contributed by atoms with Crippen LogP contribution in [0.4, 0.5) is 0 Å². The second-order valence-electron chi connectivity index (χ2n) is 5.87. The quantitative estimate of drug-likeness (QED) is 0.831. The summed E-state index contributed by atoms with van der Waals surface area (Å²) in [6, 6.07) is 7.78. The van der Waals surface area contributed by atoms with Crippen molar-refractivity contribution in [1.82, 2.24) is 5.32 Å². The average molecular weight is 282 g/mol. The second kappa shape index (κ2) is 6.95. The fourth-order valence-corrected chi connectivity index (χ4v) is 2.30. The Balaban J connectivity index is 2.60. The molecule has 19 heavy (non-hydrogen) atoms. The van der Waals surface area contributed by atoms with Crippen LogP contribution in [0.25, 0.3) is 0 Å². The van der Waals surface area contributed by atoms with E-state index >= 15 is 0 Å². The summed E-state index contributed by atoms with van der Waals surface area (Å²) >= 11 is 5.87. The van der Waals surface area contributed by atoms with E-state index in [1.807, 2.05) is 31.2 Å². The minimum absolute atomic E-state index is 0.0782. The number of carbonyl (C=O) groups excluding carboxylic acids is 1. The highest BCUT2D eigenvalue weighted by molar-refractivity contribution is 6.30. The zero-order valence-corrected chi connectivity index (χ0v) is 13.1. The van der Waals surface area contributed by atoms with Crippen molar-refractivity contribution in [3.63, 3.8) is 0 Å². The van der Waals surface area contributed by atoms with E-state index in [1.165, 1.54) is 5.56 Å². The summed E-state index contributed by atoms with van der Waals surface area (Å²) in [6.45, 7) is 8.19. The number of rotatable bonds is 6. The van der Waals surface area contributed by atoms with E-state index in [-0.39, 0.29) is 17.4 Å². The number of hydrogen-bond acceptors (Lipinski definition) is 1. The Morgan fingerprint density at radius 3 is 2.42 bits per heavy atom. The van der Waals surface area contributed by atoms with Gasteiger partial charge in [-0.1, -0.05) is 44.0 Å². The van der Waals surface area contributed by atoms with E-state index in [0.717, 1.165) is 24.3 Å². The maximum atomic E-state index is 12.1. The van der Waals surface area contributed by atoms with E-state index in [4.69, 9.17) is 11.6 Å². The zero-order chi connectivity index (χ0) is 14.5. The lowest BCUT2D eigenvalue weighted by atomic mass is 9.93. The molecule has 0 radical (unpaired) electrons. The van der Waals surface area contributed by atoms with Crippen LogP contribution in [0.15, 0.2) is 24.3 Å². The van der Waals surface area contributed by atoms with Crippen LogP contribution in [-0.4, -0.2) is 11.4 Å². The monoisotopic (exact) mass is 281 g/mol. The lowest BCUT2D eigenvalue weighted by Gasteiger charge is -2.28. The Bertz CT molecular complexity index is 411. The molecule has 3 heteroatoms. The fourth-order valence-electron chi connectivity index (χ4n) is 2.18. The van der Waals surface area contributed by atoms with Gasteiger partial charge in [-0.3, -0.25) is 4.79 Å². The number of halogens is 1. The summed E-state index contributed by atoms with van der Waals surface area (Å²) in [7, 11) is 0. The Morgan fingerprint density at radius 1 is 1.32 bits per heavy atom. The van der Waals surface area contributed by atoms with E-state index < -0.39 is 0 Å². The molecule has 1 aromatic carbocycles. The first-order chi connectivity index (χ1) is 8.84. The van der Waals surface area contributed by atoms with Gasteiger partial charge in [0.05, 0.1) is 0 Å². The Hall–Kier alpha value is -1.02. The topological polar surface area (TPSA) is 29.1 Å². The van der Waals surface area contributed by atoms with Gasteiger partial charge in [0.1, 0.15) is 0 Å².